The smallest absolute Gasteiger partial charge is 0.308 e. The van der Waals surface area contributed by atoms with Crippen LogP contribution in [0.25, 0.3) is 0 Å². The lowest BCUT2D eigenvalue weighted by Crippen LogP contribution is -2.38. The van der Waals surface area contributed by atoms with Crippen molar-refractivity contribution in [1.29, 1.82) is 0 Å². The van der Waals surface area contributed by atoms with Crippen LogP contribution in [0.3, 0.4) is 0 Å². The molecule has 0 radical (unpaired) electrons. The van der Waals surface area contributed by atoms with E-state index in [4.69, 9.17) is 22.4 Å². The molecule has 0 saturated heterocycles. The van der Waals surface area contributed by atoms with Crippen molar-refractivity contribution in [3.63, 3.8) is 0 Å². The van der Waals surface area contributed by atoms with Crippen molar-refractivity contribution in [2.75, 3.05) is 0 Å². The summed E-state index contributed by atoms with van der Waals surface area (Å²) in [4.78, 5) is 10.4. The van der Waals surface area contributed by atoms with E-state index in [2.05, 4.69) is 0 Å². The van der Waals surface area contributed by atoms with E-state index >= 15 is 0 Å². The van der Waals surface area contributed by atoms with Crippen molar-refractivity contribution in [3.8, 4) is 0 Å². The second-order valence-corrected chi connectivity index (χ2v) is 3.44. The molecule has 0 heterocycles. The maximum Gasteiger partial charge on any atom is 0.308 e. The van der Waals surface area contributed by atoms with Gasteiger partial charge in [-0.2, -0.15) is 0 Å². The fourth-order valence-corrected chi connectivity index (χ4v) is 1.20. The highest BCUT2D eigenvalue weighted by atomic mass is 35.5. The molecule has 4 nitrogen and oxygen atoms in total. The summed E-state index contributed by atoms with van der Waals surface area (Å²) in [5, 5.41) is 18.6. The number of halogens is 1. The van der Waals surface area contributed by atoms with Gasteiger partial charge in [0.2, 0.25) is 0 Å². The van der Waals surface area contributed by atoms with E-state index in [1.807, 2.05) is 0 Å². The van der Waals surface area contributed by atoms with Crippen LogP contribution in [0.2, 0.25) is 5.02 Å². The Kier molecular flexibility index (Phi) is 3.10. The summed E-state index contributed by atoms with van der Waals surface area (Å²) in [5.74, 6) is -1.16. The zero-order valence-electron chi connectivity index (χ0n) is 7.27. The van der Waals surface area contributed by atoms with Gasteiger partial charge in [-0.05, 0) is 17.7 Å². The predicted molar refractivity (Wildman–Crippen MR) is 51.8 cm³/mol. The Morgan fingerprint density at radius 3 is 2.36 bits per heavy atom. The molecule has 0 aliphatic heterocycles. The molecule has 0 aliphatic rings. The Balaban J connectivity index is 2.91. The van der Waals surface area contributed by atoms with E-state index in [1.54, 1.807) is 0 Å². The SMILES string of the molecule is NC(O)(CC(=O)O)c1ccc(Cl)cc1. The number of carbonyl (C=O) groups is 1. The van der Waals surface area contributed by atoms with Gasteiger partial charge in [0, 0.05) is 5.02 Å². The lowest BCUT2D eigenvalue weighted by atomic mass is 10.0. The van der Waals surface area contributed by atoms with Crippen LogP contribution in [0.1, 0.15) is 12.0 Å². The molecule has 1 rings (SSSR count). The molecule has 1 unspecified atom stereocenters. The molecular weight excluding hydrogens is 206 g/mol. The summed E-state index contributed by atoms with van der Waals surface area (Å²) in [6.07, 6.45) is -0.547. The van der Waals surface area contributed by atoms with Crippen molar-refractivity contribution in [2.45, 2.75) is 12.1 Å². The fourth-order valence-electron chi connectivity index (χ4n) is 1.07. The van der Waals surface area contributed by atoms with Gasteiger partial charge in [0.05, 0.1) is 6.42 Å². The minimum absolute atomic E-state index is 0.323. The number of aliphatic hydroxyl groups is 1. The molecule has 0 amide bonds. The van der Waals surface area contributed by atoms with Crippen LogP contribution >= 0.6 is 11.6 Å². The highest BCUT2D eigenvalue weighted by Crippen LogP contribution is 2.20. The predicted octanol–water partition coefficient (Wildman–Crippen LogP) is 0.918. The quantitative estimate of drug-likeness (QED) is 0.655. The number of hydrogen-bond donors (Lipinski definition) is 3. The molecule has 14 heavy (non-hydrogen) atoms. The number of nitrogens with two attached hydrogens (primary N) is 1. The summed E-state index contributed by atoms with van der Waals surface area (Å²) in [7, 11) is 0. The minimum atomic E-state index is -1.85. The number of hydrogen-bond acceptors (Lipinski definition) is 3. The second kappa shape index (κ2) is 3.96. The lowest BCUT2D eigenvalue weighted by molar-refractivity contribution is -0.142. The molecular formula is C9H10ClNO3. The van der Waals surface area contributed by atoms with Gasteiger partial charge in [0.15, 0.2) is 0 Å². The first-order valence-electron chi connectivity index (χ1n) is 3.91. The highest BCUT2D eigenvalue weighted by Gasteiger charge is 2.26. The van der Waals surface area contributed by atoms with Crippen LogP contribution in [0.5, 0.6) is 0 Å². The Morgan fingerprint density at radius 1 is 1.43 bits per heavy atom. The van der Waals surface area contributed by atoms with Gasteiger partial charge in [0.25, 0.3) is 0 Å². The molecule has 76 valence electrons. The van der Waals surface area contributed by atoms with Gasteiger partial charge in [-0.15, -0.1) is 0 Å². The van der Waals surface area contributed by atoms with Crippen LogP contribution in [-0.4, -0.2) is 16.2 Å². The maximum atomic E-state index is 10.4. The molecule has 0 aromatic heterocycles. The topological polar surface area (TPSA) is 83.5 Å². The molecule has 0 spiro atoms. The number of benzene rings is 1. The fraction of sp³-hybridized carbons (Fsp3) is 0.222. The Labute approximate surface area is 85.9 Å². The second-order valence-electron chi connectivity index (χ2n) is 3.00. The molecule has 1 aromatic carbocycles. The molecule has 5 heteroatoms. The summed E-state index contributed by atoms with van der Waals surface area (Å²) in [6, 6.07) is 6.06. The van der Waals surface area contributed by atoms with Gasteiger partial charge in [0.1, 0.15) is 5.72 Å². The van der Waals surface area contributed by atoms with E-state index in [1.165, 1.54) is 24.3 Å². The van der Waals surface area contributed by atoms with E-state index < -0.39 is 18.1 Å². The molecule has 0 bridgehead atoms. The Bertz CT molecular complexity index is 334. The van der Waals surface area contributed by atoms with Crippen LogP contribution < -0.4 is 5.73 Å². The average molecular weight is 216 g/mol. The van der Waals surface area contributed by atoms with Crippen LogP contribution in [0.15, 0.2) is 24.3 Å². The maximum absolute atomic E-state index is 10.4. The van der Waals surface area contributed by atoms with Crippen molar-refractivity contribution in [2.24, 2.45) is 5.73 Å². The van der Waals surface area contributed by atoms with Crippen molar-refractivity contribution in [1.82, 2.24) is 0 Å². The third-order valence-electron chi connectivity index (χ3n) is 1.76. The first-order valence-corrected chi connectivity index (χ1v) is 4.29. The molecule has 4 N–H and O–H groups in total. The van der Waals surface area contributed by atoms with Crippen LogP contribution in [0.4, 0.5) is 0 Å². The summed E-state index contributed by atoms with van der Waals surface area (Å²) in [6.45, 7) is 0. The standard InChI is InChI=1S/C9H10ClNO3/c10-7-3-1-6(2-4-7)9(11,14)5-8(12)13/h1-4,14H,5,11H2,(H,12,13). The normalized spacial score (nSPS) is 14.8. The largest absolute Gasteiger partial charge is 0.481 e. The molecule has 1 atom stereocenters. The Hall–Kier alpha value is -1.10. The number of carboxylic acids is 1. The van der Waals surface area contributed by atoms with Crippen molar-refractivity contribution >= 4 is 17.6 Å². The highest BCUT2D eigenvalue weighted by molar-refractivity contribution is 6.30. The molecule has 1 aromatic rings. The summed E-state index contributed by atoms with van der Waals surface area (Å²) >= 11 is 5.63. The molecule has 0 aliphatic carbocycles. The van der Waals surface area contributed by atoms with Crippen molar-refractivity contribution < 1.29 is 15.0 Å². The van der Waals surface area contributed by atoms with E-state index in [0.717, 1.165) is 0 Å². The third-order valence-corrected chi connectivity index (χ3v) is 2.02. The zero-order chi connectivity index (χ0) is 10.8. The monoisotopic (exact) mass is 215 g/mol. The number of rotatable bonds is 3. The molecule has 0 fully saturated rings. The van der Waals surface area contributed by atoms with E-state index in [0.29, 0.717) is 10.6 Å². The zero-order valence-corrected chi connectivity index (χ0v) is 8.03. The van der Waals surface area contributed by atoms with E-state index in [-0.39, 0.29) is 0 Å². The van der Waals surface area contributed by atoms with Gasteiger partial charge in [-0.3, -0.25) is 10.5 Å². The van der Waals surface area contributed by atoms with Gasteiger partial charge >= 0.3 is 5.97 Å². The van der Waals surface area contributed by atoms with Gasteiger partial charge < -0.3 is 10.2 Å². The first-order chi connectivity index (χ1) is 6.42. The van der Waals surface area contributed by atoms with Crippen LogP contribution in [-0.2, 0) is 10.5 Å². The van der Waals surface area contributed by atoms with Crippen molar-refractivity contribution in [3.05, 3.63) is 34.9 Å². The summed E-state index contributed by atoms with van der Waals surface area (Å²) < 4.78 is 0. The number of aliphatic carboxylic acids is 1. The molecule has 0 saturated carbocycles. The summed E-state index contributed by atoms with van der Waals surface area (Å²) in [5.41, 5.74) is 3.89. The lowest BCUT2D eigenvalue weighted by Gasteiger charge is -2.21. The van der Waals surface area contributed by atoms with E-state index in [9.17, 15) is 9.90 Å². The van der Waals surface area contributed by atoms with Gasteiger partial charge in [-0.25, -0.2) is 0 Å². The third kappa shape index (κ3) is 2.70. The Morgan fingerprint density at radius 2 is 1.93 bits per heavy atom. The average Bonchev–Trinajstić information content (AvgIpc) is 2.02. The van der Waals surface area contributed by atoms with Crippen LogP contribution in [0, 0.1) is 0 Å². The number of carboxylic acid groups (broad SMARTS) is 1. The minimum Gasteiger partial charge on any atom is -0.481 e. The van der Waals surface area contributed by atoms with Gasteiger partial charge in [-0.1, -0.05) is 23.7 Å². The first kappa shape index (κ1) is 11.0.